The Balaban J connectivity index is 2.51. The summed E-state index contributed by atoms with van der Waals surface area (Å²) in [6, 6.07) is 2.25. The predicted octanol–water partition coefficient (Wildman–Crippen LogP) is 1.97. The van der Waals surface area contributed by atoms with E-state index < -0.39 is 16.1 Å². The zero-order valence-electron chi connectivity index (χ0n) is 10.9. The molecule has 1 saturated heterocycles. The summed E-state index contributed by atoms with van der Waals surface area (Å²) in [5.74, 6) is 0.0853. The van der Waals surface area contributed by atoms with E-state index in [9.17, 15) is 13.5 Å². The van der Waals surface area contributed by atoms with E-state index in [1.807, 2.05) is 6.92 Å². The molecule has 1 aromatic carbocycles. The molecule has 0 spiro atoms. The van der Waals surface area contributed by atoms with E-state index in [1.54, 1.807) is 0 Å². The highest BCUT2D eigenvalue weighted by atomic mass is 35.5. The third kappa shape index (κ3) is 2.63. The van der Waals surface area contributed by atoms with E-state index in [1.165, 1.54) is 16.4 Å². The highest BCUT2D eigenvalue weighted by Gasteiger charge is 2.40. The van der Waals surface area contributed by atoms with Crippen molar-refractivity contribution in [1.29, 1.82) is 0 Å². The normalized spacial score (nSPS) is 24.2. The summed E-state index contributed by atoms with van der Waals surface area (Å²) < 4.78 is 26.7. The van der Waals surface area contributed by atoms with Crippen molar-refractivity contribution < 1.29 is 13.5 Å². The van der Waals surface area contributed by atoms with Crippen LogP contribution in [0.2, 0.25) is 10.0 Å². The fourth-order valence-electron chi connectivity index (χ4n) is 2.51. The van der Waals surface area contributed by atoms with E-state index in [0.29, 0.717) is 13.0 Å². The first-order chi connectivity index (χ1) is 9.28. The van der Waals surface area contributed by atoms with Crippen molar-refractivity contribution in [2.24, 2.45) is 5.92 Å². The van der Waals surface area contributed by atoms with Crippen LogP contribution in [-0.2, 0) is 10.0 Å². The molecule has 2 atom stereocenters. The van der Waals surface area contributed by atoms with Crippen LogP contribution in [0, 0.1) is 5.92 Å². The lowest BCUT2D eigenvalue weighted by Crippen LogP contribution is -2.40. The Kier molecular flexibility index (Phi) is 4.51. The lowest BCUT2D eigenvalue weighted by atomic mass is 10.0. The maximum atomic E-state index is 12.7. The van der Waals surface area contributed by atoms with Gasteiger partial charge < -0.3 is 10.8 Å². The van der Waals surface area contributed by atoms with Gasteiger partial charge >= 0.3 is 0 Å². The maximum Gasteiger partial charge on any atom is 0.246 e. The molecule has 1 aliphatic rings. The molecule has 20 heavy (non-hydrogen) atoms. The van der Waals surface area contributed by atoms with Gasteiger partial charge in [-0.2, -0.15) is 4.31 Å². The van der Waals surface area contributed by atoms with Crippen molar-refractivity contribution in [3.63, 3.8) is 0 Å². The minimum Gasteiger partial charge on any atom is -0.398 e. The first kappa shape index (κ1) is 15.9. The Morgan fingerprint density at radius 1 is 1.45 bits per heavy atom. The average Bonchev–Trinajstić information content (AvgIpc) is 2.69. The van der Waals surface area contributed by atoms with Crippen LogP contribution < -0.4 is 5.73 Å². The first-order valence-electron chi connectivity index (χ1n) is 6.16. The predicted molar refractivity (Wildman–Crippen MR) is 79.4 cm³/mol. The minimum atomic E-state index is -3.85. The highest BCUT2D eigenvalue weighted by Crippen LogP contribution is 2.37. The van der Waals surface area contributed by atoms with Crippen molar-refractivity contribution in [1.82, 2.24) is 4.31 Å². The van der Waals surface area contributed by atoms with Gasteiger partial charge in [0.05, 0.1) is 23.4 Å². The Hall–Kier alpha value is -0.530. The largest absolute Gasteiger partial charge is 0.398 e. The van der Waals surface area contributed by atoms with Crippen molar-refractivity contribution in [2.45, 2.75) is 24.3 Å². The molecule has 3 N–H and O–H groups in total. The van der Waals surface area contributed by atoms with Gasteiger partial charge in [0.1, 0.15) is 4.90 Å². The zero-order chi connectivity index (χ0) is 15.1. The SMILES string of the molecule is CC1CCN(S(=O)(=O)c2c(N)cc(Cl)cc2Cl)C1CO. The van der Waals surface area contributed by atoms with Gasteiger partial charge in [-0.25, -0.2) is 8.42 Å². The molecular formula is C12H16Cl2N2O3S. The molecule has 0 amide bonds. The highest BCUT2D eigenvalue weighted by molar-refractivity contribution is 7.89. The molecule has 0 radical (unpaired) electrons. The van der Waals surface area contributed by atoms with Gasteiger partial charge in [-0.05, 0) is 24.5 Å². The Morgan fingerprint density at radius 2 is 2.10 bits per heavy atom. The number of halogens is 2. The Morgan fingerprint density at radius 3 is 2.65 bits per heavy atom. The molecule has 2 rings (SSSR count). The van der Waals surface area contributed by atoms with Crippen LogP contribution >= 0.6 is 23.2 Å². The number of sulfonamides is 1. The first-order valence-corrected chi connectivity index (χ1v) is 8.36. The van der Waals surface area contributed by atoms with Gasteiger partial charge in [-0.3, -0.25) is 0 Å². The van der Waals surface area contributed by atoms with E-state index in [4.69, 9.17) is 28.9 Å². The number of nitrogens with two attached hydrogens (primary N) is 1. The molecule has 112 valence electrons. The molecule has 5 nitrogen and oxygen atoms in total. The van der Waals surface area contributed by atoms with Crippen LogP contribution in [-0.4, -0.2) is 37.0 Å². The summed E-state index contributed by atoms with van der Waals surface area (Å²) >= 11 is 11.8. The molecule has 8 heteroatoms. The monoisotopic (exact) mass is 338 g/mol. The van der Waals surface area contributed by atoms with Gasteiger partial charge in [0.2, 0.25) is 10.0 Å². The minimum absolute atomic E-state index is 0.00811. The lowest BCUT2D eigenvalue weighted by Gasteiger charge is -2.25. The molecule has 1 fully saturated rings. The van der Waals surface area contributed by atoms with Crippen LogP contribution in [0.1, 0.15) is 13.3 Å². The van der Waals surface area contributed by atoms with Crippen LogP contribution in [0.25, 0.3) is 0 Å². The number of aliphatic hydroxyl groups is 1. The van der Waals surface area contributed by atoms with Gasteiger partial charge in [0, 0.05) is 11.6 Å². The number of nitrogens with zero attached hydrogens (tertiary/aromatic N) is 1. The molecule has 0 bridgehead atoms. The number of hydrogen-bond acceptors (Lipinski definition) is 4. The number of nitrogen functional groups attached to an aromatic ring is 1. The van der Waals surface area contributed by atoms with Crippen molar-refractivity contribution in [3.8, 4) is 0 Å². The molecule has 1 aliphatic heterocycles. The third-order valence-corrected chi connectivity index (χ3v) is 6.29. The second-order valence-corrected chi connectivity index (χ2v) is 7.61. The topological polar surface area (TPSA) is 83.6 Å². The fraction of sp³-hybridized carbons (Fsp3) is 0.500. The van der Waals surface area contributed by atoms with E-state index in [2.05, 4.69) is 0 Å². The van der Waals surface area contributed by atoms with E-state index in [-0.39, 0.29) is 33.2 Å². The Labute approximate surface area is 128 Å². The summed E-state index contributed by atoms with van der Waals surface area (Å²) in [5.41, 5.74) is 5.77. The molecule has 0 aromatic heterocycles. The third-order valence-electron chi connectivity index (χ3n) is 3.62. The quantitative estimate of drug-likeness (QED) is 0.825. The van der Waals surface area contributed by atoms with Gasteiger partial charge in [0.25, 0.3) is 0 Å². The average molecular weight is 339 g/mol. The summed E-state index contributed by atoms with van der Waals surface area (Å²) in [6.07, 6.45) is 0.690. The van der Waals surface area contributed by atoms with E-state index in [0.717, 1.165) is 0 Å². The number of rotatable bonds is 3. The molecule has 0 saturated carbocycles. The van der Waals surface area contributed by atoms with E-state index >= 15 is 0 Å². The molecule has 0 aliphatic carbocycles. The molecular weight excluding hydrogens is 323 g/mol. The van der Waals surface area contributed by atoms with Gasteiger partial charge in [-0.1, -0.05) is 30.1 Å². The smallest absolute Gasteiger partial charge is 0.246 e. The van der Waals surface area contributed by atoms with Crippen LogP contribution in [0.15, 0.2) is 17.0 Å². The summed E-state index contributed by atoms with van der Waals surface area (Å²) in [7, 11) is -3.85. The molecule has 1 aromatic rings. The summed E-state index contributed by atoms with van der Waals surface area (Å²) in [6.45, 7) is 2.02. The number of benzene rings is 1. The number of hydrogen-bond donors (Lipinski definition) is 2. The number of aliphatic hydroxyl groups excluding tert-OH is 1. The second-order valence-electron chi connectivity index (χ2n) is 4.94. The summed E-state index contributed by atoms with van der Waals surface area (Å²) in [5, 5.41) is 9.68. The zero-order valence-corrected chi connectivity index (χ0v) is 13.2. The lowest BCUT2D eigenvalue weighted by molar-refractivity contribution is 0.191. The fourth-order valence-corrected chi connectivity index (χ4v) is 5.19. The molecule has 1 heterocycles. The van der Waals surface area contributed by atoms with Crippen LogP contribution in [0.4, 0.5) is 5.69 Å². The van der Waals surface area contributed by atoms with Crippen LogP contribution in [0.5, 0.6) is 0 Å². The Bertz CT molecular complexity index is 598. The molecule has 2 unspecified atom stereocenters. The van der Waals surface area contributed by atoms with Crippen molar-refractivity contribution >= 4 is 38.9 Å². The standard InChI is InChI=1S/C12H16Cl2N2O3S/c1-7-2-3-16(11(7)6-17)20(18,19)12-9(14)4-8(13)5-10(12)15/h4-5,7,11,17H,2-3,6,15H2,1H3. The van der Waals surface area contributed by atoms with Crippen molar-refractivity contribution in [3.05, 3.63) is 22.2 Å². The number of anilines is 1. The summed E-state index contributed by atoms with van der Waals surface area (Å²) in [4.78, 5) is -0.142. The second kappa shape index (κ2) is 5.69. The van der Waals surface area contributed by atoms with Crippen molar-refractivity contribution in [2.75, 3.05) is 18.9 Å². The van der Waals surface area contributed by atoms with Gasteiger partial charge in [0.15, 0.2) is 0 Å². The van der Waals surface area contributed by atoms with Gasteiger partial charge in [-0.15, -0.1) is 0 Å². The maximum absolute atomic E-state index is 12.7. The van der Waals surface area contributed by atoms with Crippen LogP contribution in [0.3, 0.4) is 0 Å².